The molecular weight excluding hydrogens is 258 g/mol. The first kappa shape index (κ1) is 11.0. The summed E-state index contributed by atoms with van der Waals surface area (Å²) < 4.78 is 6.60. The Morgan fingerprint density at radius 2 is 2.47 bits per heavy atom. The van der Waals surface area contributed by atoms with Gasteiger partial charge in [0.25, 0.3) is 0 Å². The van der Waals surface area contributed by atoms with Crippen LogP contribution in [-0.2, 0) is 0 Å². The first-order chi connectivity index (χ1) is 7.22. The van der Waals surface area contributed by atoms with Crippen molar-refractivity contribution in [3.8, 4) is 5.88 Å². The number of ether oxygens (including phenoxy) is 1. The summed E-state index contributed by atoms with van der Waals surface area (Å²) in [6, 6.07) is 0.568. The molecule has 1 aliphatic rings. The molecular formula is C10H16BrN3O. The third-order valence-corrected chi connectivity index (χ3v) is 3.86. The smallest absolute Gasteiger partial charge is 0.247 e. The molecule has 0 saturated carbocycles. The average molecular weight is 274 g/mol. The van der Waals surface area contributed by atoms with Crippen LogP contribution in [0.1, 0.15) is 19.0 Å². The Bertz CT molecular complexity index is 337. The first-order valence-corrected chi connectivity index (χ1v) is 6.09. The number of nitrogens with zero attached hydrogens (tertiary/aromatic N) is 2. The van der Waals surface area contributed by atoms with Crippen LogP contribution in [0.25, 0.3) is 0 Å². The highest BCUT2D eigenvalue weighted by molar-refractivity contribution is 9.10. The largest absolute Gasteiger partial charge is 0.474 e. The molecule has 1 saturated heterocycles. The number of aromatic amines is 1. The molecule has 0 bridgehead atoms. The number of aryl methyl sites for hydroxylation is 1. The Balaban J connectivity index is 1.85. The van der Waals surface area contributed by atoms with Gasteiger partial charge in [-0.15, -0.1) is 5.10 Å². The van der Waals surface area contributed by atoms with Crippen molar-refractivity contribution in [2.24, 2.45) is 0 Å². The maximum absolute atomic E-state index is 5.66. The summed E-state index contributed by atoms with van der Waals surface area (Å²) in [5, 5.41) is 6.97. The molecule has 1 aromatic rings. The van der Waals surface area contributed by atoms with Gasteiger partial charge < -0.3 is 4.74 Å². The zero-order valence-corrected chi connectivity index (χ0v) is 10.7. The number of aromatic nitrogens is 2. The maximum Gasteiger partial charge on any atom is 0.247 e. The van der Waals surface area contributed by atoms with E-state index >= 15 is 0 Å². The minimum absolute atomic E-state index is 0.568. The van der Waals surface area contributed by atoms with Crippen molar-refractivity contribution >= 4 is 15.9 Å². The Morgan fingerprint density at radius 1 is 1.67 bits per heavy atom. The second kappa shape index (κ2) is 4.53. The highest BCUT2D eigenvalue weighted by atomic mass is 79.9. The minimum atomic E-state index is 0.568. The van der Waals surface area contributed by atoms with Gasteiger partial charge >= 0.3 is 0 Å². The van der Waals surface area contributed by atoms with Gasteiger partial charge in [-0.25, -0.2) is 0 Å². The molecule has 84 valence electrons. The summed E-state index contributed by atoms with van der Waals surface area (Å²) in [5.41, 5.74) is 1.01. The highest BCUT2D eigenvalue weighted by Gasteiger charge is 2.27. The Kier molecular flexibility index (Phi) is 3.31. The van der Waals surface area contributed by atoms with Crippen molar-refractivity contribution in [3.05, 3.63) is 10.2 Å². The van der Waals surface area contributed by atoms with Gasteiger partial charge in [0.1, 0.15) is 11.1 Å². The molecule has 4 nitrogen and oxygen atoms in total. The van der Waals surface area contributed by atoms with E-state index in [1.807, 2.05) is 6.92 Å². The number of likely N-dealkylation sites (tertiary alicyclic amines) is 1. The van der Waals surface area contributed by atoms with Crippen LogP contribution in [0.2, 0.25) is 0 Å². The van der Waals surface area contributed by atoms with Crippen molar-refractivity contribution in [1.82, 2.24) is 15.1 Å². The molecule has 0 radical (unpaired) electrons. The van der Waals surface area contributed by atoms with E-state index in [2.05, 4.69) is 38.0 Å². The molecule has 1 N–H and O–H groups in total. The SMILES string of the molecule is CCN1CC[C@@H]1COc1n[nH]c(C)c1Br. The summed E-state index contributed by atoms with van der Waals surface area (Å²) >= 11 is 3.44. The lowest BCUT2D eigenvalue weighted by atomic mass is 10.1. The number of nitrogens with one attached hydrogen (secondary N) is 1. The minimum Gasteiger partial charge on any atom is -0.474 e. The van der Waals surface area contributed by atoms with Crippen LogP contribution in [0, 0.1) is 6.92 Å². The molecule has 1 aliphatic heterocycles. The lowest BCUT2D eigenvalue weighted by Gasteiger charge is -2.39. The van der Waals surface area contributed by atoms with E-state index < -0.39 is 0 Å². The van der Waals surface area contributed by atoms with Crippen molar-refractivity contribution in [2.45, 2.75) is 26.3 Å². The lowest BCUT2D eigenvalue weighted by molar-refractivity contribution is 0.0543. The van der Waals surface area contributed by atoms with Gasteiger partial charge in [0, 0.05) is 12.6 Å². The Hall–Kier alpha value is -0.550. The van der Waals surface area contributed by atoms with Crippen molar-refractivity contribution in [1.29, 1.82) is 0 Å². The maximum atomic E-state index is 5.66. The fraction of sp³-hybridized carbons (Fsp3) is 0.700. The summed E-state index contributed by atoms with van der Waals surface area (Å²) in [6.07, 6.45) is 1.23. The van der Waals surface area contributed by atoms with Crippen LogP contribution in [-0.4, -0.2) is 40.8 Å². The fourth-order valence-corrected chi connectivity index (χ4v) is 2.06. The first-order valence-electron chi connectivity index (χ1n) is 5.29. The monoisotopic (exact) mass is 273 g/mol. The average Bonchev–Trinajstić information content (AvgIpc) is 2.49. The summed E-state index contributed by atoms with van der Waals surface area (Å²) in [7, 11) is 0. The van der Waals surface area contributed by atoms with Crippen molar-refractivity contribution in [2.75, 3.05) is 19.7 Å². The van der Waals surface area contributed by atoms with Crippen LogP contribution in [0.5, 0.6) is 5.88 Å². The van der Waals surface area contributed by atoms with E-state index in [1.165, 1.54) is 13.0 Å². The number of hydrogen-bond acceptors (Lipinski definition) is 3. The normalized spacial score (nSPS) is 21.4. The van der Waals surface area contributed by atoms with E-state index in [1.54, 1.807) is 0 Å². The predicted molar refractivity (Wildman–Crippen MR) is 62.2 cm³/mol. The highest BCUT2D eigenvalue weighted by Crippen LogP contribution is 2.26. The molecule has 5 heteroatoms. The van der Waals surface area contributed by atoms with Crippen LogP contribution >= 0.6 is 15.9 Å². The number of rotatable bonds is 4. The standard InChI is InChI=1S/C10H16BrN3O/c1-3-14-5-4-8(14)6-15-10-9(11)7(2)12-13-10/h8H,3-6H2,1-2H3,(H,12,13)/t8-/m1/s1. The summed E-state index contributed by atoms with van der Waals surface area (Å²) in [4.78, 5) is 2.41. The van der Waals surface area contributed by atoms with E-state index in [-0.39, 0.29) is 0 Å². The molecule has 15 heavy (non-hydrogen) atoms. The van der Waals surface area contributed by atoms with Crippen LogP contribution in [0.3, 0.4) is 0 Å². The van der Waals surface area contributed by atoms with Gasteiger partial charge in [-0.3, -0.25) is 10.00 Å². The van der Waals surface area contributed by atoms with Crippen LogP contribution in [0.4, 0.5) is 0 Å². The van der Waals surface area contributed by atoms with Gasteiger partial charge in [0.2, 0.25) is 5.88 Å². The van der Waals surface area contributed by atoms with Gasteiger partial charge in [-0.05, 0) is 35.8 Å². The zero-order chi connectivity index (χ0) is 10.8. The van der Waals surface area contributed by atoms with E-state index in [9.17, 15) is 0 Å². The van der Waals surface area contributed by atoms with Gasteiger partial charge in [0.15, 0.2) is 0 Å². The molecule has 0 spiro atoms. The predicted octanol–water partition coefficient (Wildman–Crippen LogP) is 1.95. The third kappa shape index (κ3) is 2.18. The van der Waals surface area contributed by atoms with Gasteiger partial charge in [-0.2, -0.15) is 0 Å². The zero-order valence-electron chi connectivity index (χ0n) is 9.09. The second-order valence-electron chi connectivity index (χ2n) is 3.85. The molecule has 2 heterocycles. The van der Waals surface area contributed by atoms with Crippen LogP contribution < -0.4 is 4.74 Å². The number of H-pyrrole nitrogens is 1. The second-order valence-corrected chi connectivity index (χ2v) is 4.64. The number of likely N-dealkylation sites (N-methyl/N-ethyl adjacent to an activating group) is 1. The Morgan fingerprint density at radius 3 is 2.93 bits per heavy atom. The van der Waals surface area contributed by atoms with Gasteiger partial charge in [-0.1, -0.05) is 6.92 Å². The van der Waals surface area contributed by atoms with E-state index in [0.717, 1.165) is 23.3 Å². The quantitative estimate of drug-likeness (QED) is 0.912. The molecule has 0 aromatic carbocycles. The molecule has 0 amide bonds. The number of hydrogen-bond donors (Lipinski definition) is 1. The molecule has 2 rings (SSSR count). The fourth-order valence-electron chi connectivity index (χ4n) is 1.76. The van der Waals surface area contributed by atoms with Crippen LogP contribution in [0.15, 0.2) is 4.47 Å². The molecule has 1 aromatic heterocycles. The lowest BCUT2D eigenvalue weighted by Crippen LogP contribution is -2.50. The van der Waals surface area contributed by atoms with Gasteiger partial charge in [0.05, 0.1) is 5.69 Å². The summed E-state index contributed by atoms with van der Waals surface area (Å²) in [5.74, 6) is 0.676. The third-order valence-electron chi connectivity index (χ3n) is 2.93. The number of halogens is 1. The van der Waals surface area contributed by atoms with E-state index in [0.29, 0.717) is 11.9 Å². The Labute approximate surface area is 98.1 Å². The molecule has 0 aliphatic carbocycles. The molecule has 1 atom stereocenters. The topological polar surface area (TPSA) is 41.1 Å². The summed E-state index contributed by atoms with van der Waals surface area (Å²) in [6.45, 7) is 7.18. The van der Waals surface area contributed by atoms with E-state index in [4.69, 9.17) is 4.74 Å². The van der Waals surface area contributed by atoms with Crippen molar-refractivity contribution < 1.29 is 4.74 Å². The molecule has 0 unspecified atom stereocenters. The molecule has 1 fully saturated rings. The van der Waals surface area contributed by atoms with Crippen molar-refractivity contribution in [3.63, 3.8) is 0 Å².